The predicted octanol–water partition coefficient (Wildman–Crippen LogP) is 0.514. The lowest BCUT2D eigenvalue weighted by Gasteiger charge is -2.34. The minimum Gasteiger partial charge on any atom is -0.368 e. The van der Waals surface area contributed by atoms with Gasteiger partial charge in [0, 0.05) is 0 Å². The van der Waals surface area contributed by atoms with Gasteiger partial charge in [-0.15, -0.1) is 10.2 Å². The quantitative estimate of drug-likeness (QED) is 0.882. The molecule has 1 aliphatic heterocycles. The van der Waals surface area contributed by atoms with Gasteiger partial charge in [-0.1, -0.05) is 18.2 Å². The Morgan fingerprint density at radius 1 is 1.24 bits per heavy atom. The predicted molar refractivity (Wildman–Crippen MR) is 90.5 cm³/mol. The van der Waals surface area contributed by atoms with Crippen LogP contribution in [0.5, 0.6) is 0 Å². The van der Waals surface area contributed by atoms with E-state index in [0.29, 0.717) is 12.4 Å². The van der Waals surface area contributed by atoms with E-state index in [4.69, 9.17) is 5.73 Å². The Hall–Kier alpha value is -2.70. The van der Waals surface area contributed by atoms with Gasteiger partial charge in [0.2, 0.25) is 11.8 Å². The van der Waals surface area contributed by atoms with Crippen molar-refractivity contribution < 1.29 is 9.59 Å². The second-order valence-corrected chi connectivity index (χ2v) is 6.85. The third kappa shape index (κ3) is 2.79. The fourth-order valence-corrected chi connectivity index (χ4v) is 3.83. The summed E-state index contributed by atoms with van der Waals surface area (Å²) in [7, 11) is 0. The molecule has 7 heteroatoms. The van der Waals surface area contributed by atoms with Crippen LogP contribution in [0.25, 0.3) is 0 Å². The molecule has 0 saturated heterocycles. The summed E-state index contributed by atoms with van der Waals surface area (Å²) in [6, 6.07) is 5.59. The number of aryl methyl sites for hydroxylation is 3. The molecule has 4 rings (SSSR count). The monoisotopic (exact) mass is 339 g/mol. The minimum atomic E-state index is -0.663. The Balaban J connectivity index is 1.56. The van der Waals surface area contributed by atoms with Crippen molar-refractivity contribution in [1.29, 1.82) is 0 Å². The summed E-state index contributed by atoms with van der Waals surface area (Å²) >= 11 is 0. The lowest BCUT2D eigenvalue weighted by Crippen LogP contribution is -2.53. The molecule has 1 aliphatic carbocycles. The topological polar surface area (TPSA) is 94.1 Å². The van der Waals surface area contributed by atoms with Gasteiger partial charge in [-0.2, -0.15) is 0 Å². The number of hydrogen-bond donors (Lipinski definition) is 1. The average Bonchev–Trinajstić information content (AvgIpc) is 3.20. The molecule has 1 unspecified atom stereocenters. The first-order valence-electron chi connectivity index (χ1n) is 8.61. The number of aromatic nitrogens is 3. The van der Waals surface area contributed by atoms with E-state index < -0.39 is 11.9 Å². The molecule has 130 valence electrons. The normalized spacial score (nSPS) is 18.8. The minimum absolute atomic E-state index is 0.103. The van der Waals surface area contributed by atoms with Crippen LogP contribution in [-0.4, -0.2) is 37.5 Å². The summed E-state index contributed by atoms with van der Waals surface area (Å²) < 4.78 is 1.86. The summed E-state index contributed by atoms with van der Waals surface area (Å²) in [5.74, 6) is 0.818. The van der Waals surface area contributed by atoms with Crippen LogP contribution < -0.4 is 5.73 Å². The van der Waals surface area contributed by atoms with Crippen molar-refractivity contribution in [2.45, 2.75) is 51.7 Å². The summed E-state index contributed by atoms with van der Waals surface area (Å²) in [6.07, 6.45) is 3.64. The Kier molecular flexibility index (Phi) is 3.78. The van der Waals surface area contributed by atoms with Crippen LogP contribution in [0.4, 0.5) is 0 Å². The highest BCUT2D eigenvalue weighted by atomic mass is 16.2. The molecule has 2 aromatic rings. The van der Waals surface area contributed by atoms with E-state index in [1.165, 1.54) is 17.5 Å². The Labute approximate surface area is 145 Å². The summed E-state index contributed by atoms with van der Waals surface area (Å²) in [5, 5.41) is 8.14. The van der Waals surface area contributed by atoms with Gasteiger partial charge in [0.05, 0.1) is 19.5 Å². The highest BCUT2D eigenvalue weighted by molar-refractivity contribution is 5.87. The Bertz CT molecular complexity index is 857. The summed E-state index contributed by atoms with van der Waals surface area (Å²) in [5.41, 5.74) is 9.26. The highest BCUT2D eigenvalue weighted by Gasteiger charge is 2.35. The molecule has 2 amide bonds. The molecule has 0 spiro atoms. The van der Waals surface area contributed by atoms with Gasteiger partial charge >= 0.3 is 0 Å². The van der Waals surface area contributed by atoms with Gasteiger partial charge in [0.25, 0.3) is 0 Å². The van der Waals surface area contributed by atoms with E-state index in [1.54, 1.807) is 4.90 Å². The van der Waals surface area contributed by atoms with Gasteiger partial charge < -0.3 is 15.2 Å². The first kappa shape index (κ1) is 15.8. The zero-order valence-corrected chi connectivity index (χ0v) is 14.2. The molecule has 1 atom stereocenters. The third-order valence-electron chi connectivity index (χ3n) is 5.22. The molecule has 0 bridgehead atoms. The fraction of sp³-hybridized carbons (Fsp3) is 0.444. The van der Waals surface area contributed by atoms with E-state index in [-0.39, 0.29) is 18.9 Å². The zero-order valence-electron chi connectivity index (χ0n) is 14.2. The first-order valence-corrected chi connectivity index (χ1v) is 8.61. The van der Waals surface area contributed by atoms with Crippen molar-refractivity contribution in [3.8, 4) is 0 Å². The molecule has 25 heavy (non-hydrogen) atoms. The zero-order chi connectivity index (χ0) is 17.6. The molecule has 1 aromatic heterocycles. The van der Waals surface area contributed by atoms with Crippen LogP contribution in [0, 0.1) is 6.92 Å². The molecule has 2 aliphatic rings. The Morgan fingerprint density at radius 3 is 2.84 bits per heavy atom. The third-order valence-corrected chi connectivity index (χ3v) is 5.22. The lowest BCUT2D eigenvalue weighted by molar-refractivity contribution is -0.141. The smallest absolute Gasteiger partial charge is 0.242 e. The van der Waals surface area contributed by atoms with Crippen molar-refractivity contribution in [2.24, 2.45) is 5.73 Å². The maximum absolute atomic E-state index is 12.9. The van der Waals surface area contributed by atoms with Gasteiger partial charge in [-0.3, -0.25) is 9.59 Å². The van der Waals surface area contributed by atoms with Gasteiger partial charge in [-0.05, 0) is 42.9 Å². The number of fused-ring (bicyclic) bond motifs is 2. The molecule has 7 nitrogen and oxygen atoms in total. The van der Waals surface area contributed by atoms with Crippen molar-refractivity contribution >= 4 is 11.8 Å². The van der Waals surface area contributed by atoms with E-state index in [9.17, 15) is 9.59 Å². The van der Waals surface area contributed by atoms with E-state index in [1.807, 2.05) is 17.6 Å². The first-order chi connectivity index (χ1) is 12.0. The molecular formula is C18H21N5O2. The van der Waals surface area contributed by atoms with E-state index in [2.05, 4.69) is 22.3 Å². The number of rotatable bonds is 3. The van der Waals surface area contributed by atoms with Crippen LogP contribution in [0.1, 0.15) is 34.8 Å². The van der Waals surface area contributed by atoms with Crippen molar-refractivity contribution in [2.75, 3.05) is 0 Å². The number of benzene rings is 1. The maximum atomic E-state index is 12.9. The summed E-state index contributed by atoms with van der Waals surface area (Å²) in [6.45, 7) is 2.41. The number of primary amides is 1. The van der Waals surface area contributed by atoms with Crippen molar-refractivity contribution in [1.82, 2.24) is 19.7 Å². The molecule has 2 N–H and O–H groups in total. The standard InChI is InChI=1S/C18H21N5O2/c1-11-20-21-16-10-23(15(18(19)25)9-22(11)16)17(24)8-12-5-6-13-3-2-4-14(13)7-12/h5-7,15H,2-4,8-10H2,1H3,(H2,19,25). The van der Waals surface area contributed by atoms with Crippen molar-refractivity contribution in [3.05, 3.63) is 46.5 Å². The fourth-order valence-electron chi connectivity index (χ4n) is 3.83. The molecule has 0 radical (unpaired) electrons. The van der Waals surface area contributed by atoms with Crippen molar-refractivity contribution in [3.63, 3.8) is 0 Å². The Morgan fingerprint density at radius 2 is 2.04 bits per heavy atom. The second-order valence-electron chi connectivity index (χ2n) is 6.85. The number of carbonyl (C=O) groups excluding carboxylic acids is 2. The molecule has 0 fully saturated rings. The average molecular weight is 339 g/mol. The number of hydrogen-bond acceptors (Lipinski definition) is 4. The number of nitrogens with zero attached hydrogens (tertiary/aromatic N) is 4. The molecule has 2 heterocycles. The van der Waals surface area contributed by atoms with Crippen LogP contribution in [0.3, 0.4) is 0 Å². The number of nitrogens with two attached hydrogens (primary N) is 1. The number of carbonyl (C=O) groups is 2. The van der Waals surface area contributed by atoms with Gasteiger partial charge in [-0.25, -0.2) is 0 Å². The largest absolute Gasteiger partial charge is 0.368 e. The van der Waals surface area contributed by atoms with Crippen LogP contribution in [0.2, 0.25) is 0 Å². The van der Waals surface area contributed by atoms with Crippen LogP contribution in [0.15, 0.2) is 18.2 Å². The van der Waals surface area contributed by atoms with Crippen LogP contribution in [-0.2, 0) is 41.9 Å². The summed E-state index contributed by atoms with van der Waals surface area (Å²) in [4.78, 5) is 26.3. The van der Waals surface area contributed by atoms with Gasteiger partial charge in [0.15, 0.2) is 5.82 Å². The second kappa shape index (κ2) is 5.98. The maximum Gasteiger partial charge on any atom is 0.242 e. The lowest BCUT2D eigenvalue weighted by atomic mass is 10.0. The SMILES string of the molecule is Cc1nnc2n1CC(C(N)=O)N(C(=O)Cc1ccc3c(c1)CCC3)C2. The van der Waals surface area contributed by atoms with E-state index >= 15 is 0 Å². The molecule has 1 aromatic carbocycles. The van der Waals surface area contributed by atoms with Gasteiger partial charge in [0.1, 0.15) is 11.9 Å². The van der Waals surface area contributed by atoms with E-state index in [0.717, 1.165) is 24.2 Å². The molecular weight excluding hydrogens is 318 g/mol. The highest BCUT2D eigenvalue weighted by Crippen LogP contribution is 2.24. The number of amides is 2. The molecule has 0 saturated carbocycles. The van der Waals surface area contributed by atoms with Crippen LogP contribution >= 0.6 is 0 Å².